The maximum Gasteiger partial charge on any atom is 0.241 e. The van der Waals surface area contributed by atoms with Gasteiger partial charge in [-0.3, -0.25) is 14.5 Å². The largest absolute Gasteiger partial charge is 0.325 e. The lowest BCUT2D eigenvalue weighted by Gasteiger charge is -2.23. The van der Waals surface area contributed by atoms with Crippen molar-refractivity contribution in [2.24, 2.45) is 0 Å². The second-order valence-electron chi connectivity index (χ2n) is 6.89. The number of anilines is 2. The molecule has 0 bridgehead atoms. The van der Waals surface area contributed by atoms with Gasteiger partial charge in [0.15, 0.2) is 0 Å². The van der Waals surface area contributed by atoms with Gasteiger partial charge in [-0.1, -0.05) is 42.5 Å². The Morgan fingerprint density at radius 2 is 1.66 bits per heavy atom. The molecule has 2 N–H and O–H groups in total. The number of amides is 2. The minimum atomic E-state index is -0.456. The molecule has 29 heavy (non-hydrogen) atoms. The lowest BCUT2D eigenvalue weighted by molar-refractivity contribution is -0.122. The molecular formula is C23H25N3O2S. The number of likely N-dealkylation sites (N-methyl/N-ethyl adjacent to an activating group) is 1. The molecule has 2 amide bonds. The Bertz CT molecular complexity index is 1020. The molecule has 0 aliphatic heterocycles. The molecule has 0 heterocycles. The summed E-state index contributed by atoms with van der Waals surface area (Å²) in [5, 5.41) is 8.05. The topological polar surface area (TPSA) is 61.4 Å². The second kappa shape index (κ2) is 9.58. The summed E-state index contributed by atoms with van der Waals surface area (Å²) < 4.78 is 0. The first kappa shape index (κ1) is 20.9. The highest BCUT2D eigenvalue weighted by Crippen LogP contribution is 2.24. The van der Waals surface area contributed by atoms with Crippen molar-refractivity contribution in [3.05, 3.63) is 66.7 Å². The van der Waals surface area contributed by atoms with Crippen molar-refractivity contribution in [3.63, 3.8) is 0 Å². The van der Waals surface area contributed by atoms with Gasteiger partial charge in [0.2, 0.25) is 11.8 Å². The summed E-state index contributed by atoms with van der Waals surface area (Å²) in [5.74, 6) is -0.306. The van der Waals surface area contributed by atoms with Crippen LogP contribution in [0.25, 0.3) is 10.8 Å². The third kappa shape index (κ3) is 5.37. The van der Waals surface area contributed by atoms with Crippen LogP contribution in [-0.2, 0) is 9.59 Å². The van der Waals surface area contributed by atoms with Gasteiger partial charge in [-0.05, 0) is 55.3 Å². The van der Waals surface area contributed by atoms with Crippen LogP contribution in [0.3, 0.4) is 0 Å². The second-order valence-corrected chi connectivity index (χ2v) is 7.74. The highest BCUT2D eigenvalue weighted by atomic mass is 32.2. The van der Waals surface area contributed by atoms with Crippen molar-refractivity contribution in [3.8, 4) is 0 Å². The lowest BCUT2D eigenvalue weighted by Crippen LogP contribution is -2.43. The normalized spacial score (nSPS) is 12.0. The number of nitrogens with one attached hydrogen (secondary N) is 2. The standard InChI is InChI=1S/C23H25N3O2S/c1-16(23(28)24-19-13-12-17-8-4-5-9-18(17)14-19)26(2)15-22(27)25-20-10-6-7-11-21(20)29-3/h4-14,16H,15H2,1-3H3,(H,24,28)(H,25,27)/t16-/m1/s1. The Labute approximate surface area is 175 Å². The van der Waals surface area contributed by atoms with Crippen LogP contribution in [0.5, 0.6) is 0 Å². The maximum absolute atomic E-state index is 12.6. The number of hydrogen-bond acceptors (Lipinski definition) is 4. The molecule has 150 valence electrons. The van der Waals surface area contributed by atoms with E-state index in [0.717, 1.165) is 27.0 Å². The van der Waals surface area contributed by atoms with Gasteiger partial charge in [-0.15, -0.1) is 11.8 Å². The maximum atomic E-state index is 12.6. The first-order valence-corrected chi connectivity index (χ1v) is 10.6. The van der Waals surface area contributed by atoms with E-state index in [-0.39, 0.29) is 18.4 Å². The summed E-state index contributed by atoms with van der Waals surface area (Å²) >= 11 is 1.58. The zero-order chi connectivity index (χ0) is 20.8. The van der Waals surface area contributed by atoms with Crippen LogP contribution < -0.4 is 10.6 Å². The molecule has 1 atom stereocenters. The quantitative estimate of drug-likeness (QED) is 0.568. The van der Waals surface area contributed by atoms with Crippen molar-refractivity contribution in [2.75, 3.05) is 30.5 Å². The van der Waals surface area contributed by atoms with Gasteiger partial charge < -0.3 is 10.6 Å². The number of fused-ring (bicyclic) bond motifs is 1. The Kier molecular flexibility index (Phi) is 6.90. The minimum absolute atomic E-state index is 0.120. The number of para-hydroxylation sites is 1. The minimum Gasteiger partial charge on any atom is -0.325 e. The molecule has 0 aromatic heterocycles. The summed E-state index contributed by atoms with van der Waals surface area (Å²) in [7, 11) is 1.77. The van der Waals surface area contributed by atoms with Gasteiger partial charge >= 0.3 is 0 Å². The average Bonchev–Trinajstić information content (AvgIpc) is 2.73. The van der Waals surface area contributed by atoms with Crippen molar-refractivity contribution < 1.29 is 9.59 Å². The molecule has 0 radical (unpaired) electrons. The fourth-order valence-electron chi connectivity index (χ4n) is 3.02. The van der Waals surface area contributed by atoms with Crippen LogP contribution in [-0.4, -0.2) is 42.6 Å². The van der Waals surface area contributed by atoms with E-state index in [9.17, 15) is 9.59 Å². The van der Waals surface area contributed by atoms with Crippen molar-refractivity contribution in [1.82, 2.24) is 4.90 Å². The van der Waals surface area contributed by atoms with Crippen LogP contribution in [0.1, 0.15) is 6.92 Å². The summed E-state index contributed by atoms with van der Waals surface area (Å²) in [5.41, 5.74) is 1.53. The van der Waals surface area contributed by atoms with Crippen molar-refractivity contribution >= 4 is 45.7 Å². The first-order chi connectivity index (χ1) is 14.0. The third-order valence-corrected chi connectivity index (χ3v) is 5.63. The fraction of sp³-hybridized carbons (Fsp3) is 0.217. The summed E-state index contributed by atoms with van der Waals surface area (Å²) in [6, 6.07) is 21.0. The molecule has 0 aliphatic carbocycles. The Hall–Kier alpha value is -2.83. The molecule has 0 spiro atoms. The number of hydrogen-bond donors (Lipinski definition) is 2. The van der Waals surface area contributed by atoms with Crippen molar-refractivity contribution in [1.29, 1.82) is 0 Å². The lowest BCUT2D eigenvalue weighted by atomic mass is 10.1. The van der Waals surface area contributed by atoms with Crippen LogP contribution in [0.4, 0.5) is 11.4 Å². The highest BCUT2D eigenvalue weighted by Gasteiger charge is 2.20. The smallest absolute Gasteiger partial charge is 0.241 e. The van der Waals surface area contributed by atoms with Gasteiger partial charge in [0.1, 0.15) is 0 Å². The molecule has 5 nitrogen and oxygen atoms in total. The van der Waals surface area contributed by atoms with E-state index in [1.54, 1.807) is 30.6 Å². The van der Waals surface area contributed by atoms with Gasteiger partial charge in [-0.2, -0.15) is 0 Å². The SMILES string of the molecule is CSc1ccccc1NC(=O)CN(C)[C@H](C)C(=O)Nc1ccc2ccccc2c1. The van der Waals surface area contributed by atoms with E-state index >= 15 is 0 Å². The van der Waals surface area contributed by atoms with E-state index in [2.05, 4.69) is 10.6 Å². The molecule has 0 fully saturated rings. The number of nitrogens with zero attached hydrogens (tertiary/aromatic N) is 1. The van der Waals surface area contributed by atoms with Crippen LogP contribution >= 0.6 is 11.8 Å². The van der Waals surface area contributed by atoms with Crippen LogP contribution in [0.15, 0.2) is 71.6 Å². The van der Waals surface area contributed by atoms with E-state index in [1.807, 2.05) is 73.0 Å². The molecule has 3 aromatic carbocycles. The Morgan fingerprint density at radius 3 is 2.41 bits per heavy atom. The molecule has 0 aliphatic rings. The molecule has 0 unspecified atom stereocenters. The Balaban J connectivity index is 1.58. The number of thioether (sulfide) groups is 1. The van der Waals surface area contributed by atoms with Gasteiger partial charge in [0.25, 0.3) is 0 Å². The number of benzene rings is 3. The molecule has 0 saturated carbocycles. The number of carbonyl (C=O) groups is 2. The molecular weight excluding hydrogens is 382 g/mol. The zero-order valence-electron chi connectivity index (χ0n) is 16.8. The molecule has 3 rings (SSSR count). The fourth-order valence-corrected chi connectivity index (χ4v) is 3.57. The summed E-state index contributed by atoms with van der Waals surface area (Å²) in [4.78, 5) is 27.8. The van der Waals surface area contributed by atoms with Gasteiger partial charge in [0.05, 0.1) is 18.3 Å². The monoisotopic (exact) mass is 407 g/mol. The highest BCUT2D eigenvalue weighted by molar-refractivity contribution is 7.98. The third-order valence-electron chi connectivity index (χ3n) is 4.83. The van der Waals surface area contributed by atoms with E-state index in [4.69, 9.17) is 0 Å². The average molecular weight is 408 g/mol. The predicted molar refractivity (Wildman–Crippen MR) is 122 cm³/mol. The van der Waals surface area contributed by atoms with Crippen LogP contribution in [0, 0.1) is 0 Å². The number of carbonyl (C=O) groups excluding carboxylic acids is 2. The van der Waals surface area contributed by atoms with Crippen molar-refractivity contribution in [2.45, 2.75) is 17.9 Å². The van der Waals surface area contributed by atoms with Gasteiger partial charge in [0, 0.05) is 10.6 Å². The van der Waals surface area contributed by atoms with E-state index in [0.29, 0.717) is 0 Å². The molecule has 0 saturated heterocycles. The van der Waals surface area contributed by atoms with Gasteiger partial charge in [-0.25, -0.2) is 0 Å². The van der Waals surface area contributed by atoms with E-state index in [1.165, 1.54) is 0 Å². The van der Waals surface area contributed by atoms with E-state index < -0.39 is 6.04 Å². The number of rotatable bonds is 7. The Morgan fingerprint density at radius 1 is 0.966 bits per heavy atom. The molecule has 6 heteroatoms. The van der Waals surface area contributed by atoms with Crippen LogP contribution in [0.2, 0.25) is 0 Å². The predicted octanol–water partition coefficient (Wildman–Crippen LogP) is 4.46. The first-order valence-electron chi connectivity index (χ1n) is 9.40. The molecule has 3 aromatic rings. The summed E-state index contributed by atoms with van der Waals surface area (Å²) in [6.07, 6.45) is 1.97. The summed E-state index contributed by atoms with van der Waals surface area (Å²) in [6.45, 7) is 1.91. The zero-order valence-corrected chi connectivity index (χ0v) is 17.6.